The SMILES string of the molecule is CCCCCCCCC1(CCCCCCCC)c2cc(Br)ccc2-c2ccc(I)cc21. The van der Waals surface area contributed by atoms with Crippen molar-refractivity contribution in [3.8, 4) is 11.1 Å². The summed E-state index contributed by atoms with van der Waals surface area (Å²) in [6, 6.07) is 14.2. The summed E-state index contributed by atoms with van der Waals surface area (Å²) >= 11 is 6.30. The second kappa shape index (κ2) is 12.8. The quantitative estimate of drug-likeness (QED) is 0.151. The molecule has 0 fully saturated rings. The molecular weight excluding hydrogens is 555 g/mol. The number of hydrogen-bond donors (Lipinski definition) is 0. The first-order valence-corrected chi connectivity index (χ1v) is 14.6. The van der Waals surface area contributed by atoms with Crippen LogP contribution >= 0.6 is 38.5 Å². The zero-order valence-electron chi connectivity index (χ0n) is 19.6. The van der Waals surface area contributed by atoms with Crippen LogP contribution in [-0.4, -0.2) is 0 Å². The van der Waals surface area contributed by atoms with Gasteiger partial charge in [-0.1, -0.05) is 119 Å². The fraction of sp³-hybridized carbons (Fsp3) is 0.586. The van der Waals surface area contributed by atoms with Crippen molar-refractivity contribution in [2.24, 2.45) is 0 Å². The van der Waals surface area contributed by atoms with E-state index < -0.39 is 0 Å². The smallest absolute Gasteiger partial charge is 0.0216 e. The third-order valence-electron chi connectivity index (χ3n) is 7.20. The van der Waals surface area contributed by atoms with Gasteiger partial charge in [0.2, 0.25) is 0 Å². The summed E-state index contributed by atoms with van der Waals surface area (Å²) in [7, 11) is 0. The van der Waals surface area contributed by atoms with Gasteiger partial charge in [0.15, 0.2) is 0 Å². The van der Waals surface area contributed by atoms with Crippen LogP contribution in [0.5, 0.6) is 0 Å². The monoisotopic (exact) mass is 594 g/mol. The number of unbranched alkanes of at least 4 members (excludes halogenated alkanes) is 10. The van der Waals surface area contributed by atoms with E-state index in [-0.39, 0.29) is 5.41 Å². The first-order valence-electron chi connectivity index (χ1n) is 12.7. The van der Waals surface area contributed by atoms with Crippen LogP contribution in [0.15, 0.2) is 40.9 Å². The Bertz CT molecular complexity index is 756. The van der Waals surface area contributed by atoms with E-state index >= 15 is 0 Å². The van der Waals surface area contributed by atoms with Crippen molar-refractivity contribution in [3.05, 3.63) is 55.6 Å². The minimum Gasteiger partial charge on any atom is -0.0654 e. The predicted molar refractivity (Wildman–Crippen MR) is 149 cm³/mol. The van der Waals surface area contributed by atoms with Crippen LogP contribution in [0.3, 0.4) is 0 Å². The first-order chi connectivity index (χ1) is 15.1. The number of fused-ring (bicyclic) bond motifs is 3. The molecule has 2 heteroatoms. The van der Waals surface area contributed by atoms with E-state index in [1.165, 1.54) is 109 Å². The molecule has 1 aliphatic carbocycles. The van der Waals surface area contributed by atoms with Crippen LogP contribution in [0.4, 0.5) is 0 Å². The van der Waals surface area contributed by atoms with Gasteiger partial charge in [-0.05, 0) is 82.0 Å². The van der Waals surface area contributed by atoms with Gasteiger partial charge in [-0.25, -0.2) is 0 Å². The second-order valence-electron chi connectivity index (χ2n) is 9.50. The van der Waals surface area contributed by atoms with E-state index in [9.17, 15) is 0 Å². The maximum absolute atomic E-state index is 3.79. The second-order valence-corrected chi connectivity index (χ2v) is 11.7. The molecule has 0 aliphatic heterocycles. The Hall–Kier alpha value is -0.350. The van der Waals surface area contributed by atoms with E-state index in [2.05, 4.69) is 88.8 Å². The molecule has 0 saturated carbocycles. The first kappa shape index (κ1) is 25.3. The van der Waals surface area contributed by atoms with Crippen molar-refractivity contribution < 1.29 is 0 Å². The van der Waals surface area contributed by atoms with Crippen molar-refractivity contribution in [2.75, 3.05) is 0 Å². The summed E-state index contributed by atoms with van der Waals surface area (Å²) in [6.07, 6.45) is 19.1. The highest BCUT2D eigenvalue weighted by Crippen LogP contribution is 2.55. The minimum atomic E-state index is 0.200. The lowest BCUT2D eigenvalue weighted by Crippen LogP contribution is -2.25. The van der Waals surface area contributed by atoms with Gasteiger partial charge in [-0.3, -0.25) is 0 Å². The highest BCUT2D eigenvalue weighted by molar-refractivity contribution is 14.1. The molecule has 0 spiro atoms. The molecule has 2 aromatic rings. The molecule has 0 radical (unpaired) electrons. The molecule has 0 amide bonds. The Morgan fingerprint density at radius 1 is 0.645 bits per heavy atom. The van der Waals surface area contributed by atoms with E-state index in [0.29, 0.717) is 0 Å². The number of benzene rings is 2. The largest absolute Gasteiger partial charge is 0.0654 e. The average Bonchev–Trinajstić information content (AvgIpc) is 3.02. The molecule has 0 unspecified atom stereocenters. The maximum atomic E-state index is 3.79. The highest BCUT2D eigenvalue weighted by atomic mass is 127. The lowest BCUT2D eigenvalue weighted by Gasteiger charge is -2.33. The Labute approximate surface area is 213 Å². The third-order valence-corrected chi connectivity index (χ3v) is 8.36. The molecule has 0 atom stereocenters. The molecular formula is C29H40BrI. The Balaban J connectivity index is 1.85. The fourth-order valence-corrected chi connectivity index (χ4v) is 6.37. The van der Waals surface area contributed by atoms with Gasteiger partial charge in [0.05, 0.1) is 0 Å². The number of rotatable bonds is 14. The number of hydrogen-bond acceptors (Lipinski definition) is 0. The van der Waals surface area contributed by atoms with E-state index in [1.54, 1.807) is 11.1 Å². The van der Waals surface area contributed by atoms with E-state index in [4.69, 9.17) is 0 Å². The van der Waals surface area contributed by atoms with Crippen molar-refractivity contribution >= 4 is 38.5 Å². The van der Waals surface area contributed by atoms with Gasteiger partial charge >= 0.3 is 0 Å². The Kier molecular flexibility index (Phi) is 10.4. The normalized spacial score (nSPS) is 13.9. The summed E-state index contributed by atoms with van der Waals surface area (Å²) in [5.41, 5.74) is 6.35. The average molecular weight is 595 g/mol. The summed E-state index contributed by atoms with van der Waals surface area (Å²) in [4.78, 5) is 0. The molecule has 0 bridgehead atoms. The molecule has 0 heterocycles. The molecule has 2 aromatic carbocycles. The Morgan fingerprint density at radius 2 is 1.13 bits per heavy atom. The van der Waals surface area contributed by atoms with Gasteiger partial charge < -0.3 is 0 Å². The minimum absolute atomic E-state index is 0.200. The standard InChI is InChI=1S/C29H40BrI/c1-3-5-7-9-11-13-19-29(20-14-12-10-8-6-4-2)27-21-23(30)15-17-25(27)26-18-16-24(31)22-28(26)29/h15-18,21-22H,3-14,19-20H2,1-2H3. The molecule has 1 aliphatic rings. The Morgan fingerprint density at radius 3 is 1.71 bits per heavy atom. The van der Waals surface area contributed by atoms with Gasteiger partial charge in [-0.2, -0.15) is 0 Å². The van der Waals surface area contributed by atoms with Crippen LogP contribution in [0.25, 0.3) is 11.1 Å². The summed E-state index contributed by atoms with van der Waals surface area (Å²) in [5.74, 6) is 0. The van der Waals surface area contributed by atoms with Crippen LogP contribution in [-0.2, 0) is 5.41 Å². The predicted octanol–water partition coefficient (Wildman–Crippen LogP) is 10.8. The van der Waals surface area contributed by atoms with Crippen LogP contribution < -0.4 is 0 Å². The van der Waals surface area contributed by atoms with Crippen LogP contribution in [0.2, 0.25) is 0 Å². The van der Waals surface area contributed by atoms with Crippen molar-refractivity contribution in [1.29, 1.82) is 0 Å². The van der Waals surface area contributed by atoms with E-state index in [1.807, 2.05) is 0 Å². The summed E-state index contributed by atoms with van der Waals surface area (Å²) < 4.78 is 2.60. The molecule has 0 aromatic heterocycles. The van der Waals surface area contributed by atoms with Crippen LogP contribution in [0, 0.1) is 3.57 Å². The van der Waals surface area contributed by atoms with Crippen molar-refractivity contribution in [1.82, 2.24) is 0 Å². The summed E-state index contributed by atoms with van der Waals surface area (Å²) in [5, 5.41) is 0. The summed E-state index contributed by atoms with van der Waals surface area (Å²) in [6.45, 7) is 4.61. The van der Waals surface area contributed by atoms with Gasteiger partial charge in [-0.15, -0.1) is 0 Å². The van der Waals surface area contributed by atoms with Gasteiger partial charge in [0, 0.05) is 13.5 Å². The third kappa shape index (κ3) is 6.37. The molecule has 0 N–H and O–H groups in total. The highest BCUT2D eigenvalue weighted by Gasteiger charge is 2.42. The van der Waals surface area contributed by atoms with Gasteiger partial charge in [0.25, 0.3) is 0 Å². The van der Waals surface area contributed by atoms with Crippen molar-refractivity contribution in [3.63, 3.8) is 0 Å². The van der Waals surface area contributed by atoms with Crippen LogP contribution in [0.1, 0.15) is 115 Å². The zero-order chi connectivity index (χ0) is 22.1. The topological polar surface area (TPSA) is 0 Å². The molecule has 3 rings (SSSR count). The van der Waals surface area contributed by atoms with Gasteiger partial charge in [0.1, 0.15) is 0 Å². The molecule has 170 valence electrons. The fourth-order valence-electron chi connectivity index (χ4n) is 5.52. The lowest BCUT2D eigenvalue weighted by atomic mass is 9.70. The van der Waals surface area contributed by atoms with Crippen molar-refractivity contribution in [2.45, 2.75) is 109 Å². The molecule has 0 saturated heterocycles. The number of halogens is 2. The molecule has 0 nitrogen and oxygen atoms in total. The van der Waals surface area contributed by atoms with E-state index in [0.717, 1.165) is 0 Å². The molecule has 31 heavy (non-hydrogen) atoms. The lowest BCUT2D eigenvalue weighted by molar-refractivity contribution is 0.397. The maximum Gasteiger partial charge on any atom is 0.0216 e. The zero-order valence-corrected chi connectivity index (χ0v) is 23.4.